The fourth-order valence-electron chi connectivity index (χ4n) is 1.30. The zero-order valence-electron chi connectivity index (χ0n) is 8.04. The number of carbonyl (C=O) groups excluding carboxylic acids is 1. The van der Waals surface area contributed by atoms with Crippen LogP contribution in [0.15, 0.2) is 23.8 Å². The Kier molecular flexibility index (Phi) is 3.71. The van der Waals surface area contributed by atoms with Crippen LogP contribution in [0, 0.1) is 0 Å². The van der Waals surface area contributed by atoms with E-state index >= 15 is 0 Å². The van der Waals surface area contributed by atoms with Gasteiger partial charge in [-0.1, -0.05) is 18.2 Å². The van der Waals surface area contributed by atoms with E-state index in [0.717, 1.165) is 12.0 Å². The van der Waals surface area contributed by atoms with Gasteiger partial charge in [0.25, 0.3) is 0 Å². The highest BCUT2D eigenvalue weighted by molar-refractivity contribution is 5.73. The van der Waals surface area contributed by atoms with Crippen molar-refractivity contribution in [3.05, 3.63) is 23.8 Å². The summed E-state index contributed by atoms with van der Waals surface area (Å²) in [6.07, 6.45) is 7.06. The number of ether oxygens (including phenoxy) is 1. The van der Waals surface area contributed by atoms with Crippen LogP contribution in [-0.2, 0) is 9.53 Å². The Morgan fingerprint density at radius 2 is 2.54 bits per heavy atom. The van der Waals surface area contributed by atoms with Gasteiger partial charge >= 0.3 is 0 Å². The van der Waals surface area contributed by atoms with Gasteiger partial charge in [0.1, 0.15) is 0 Å². The van der Waals surface area contributed by atoms with Crippen molar-refractivity contribution in [1.82, 2.24) is 5.32 Å². The molecule has 0 aromatic rings. The summed E-state index contributed by atoms with van der Waals surface area (Å²) in [6, 6.07) is 0. The molecule has 0 aromatic heterocycles. The zero-order chi connectivity index (χ0) is 9.68. The second kappa shape index (κ2) is 4.82. The largest absolute Gasteiger partial charge is 0.377 e. The summed E-state index contributed by atoms with van der Waals surface area (Å²) in [6.45, 7) is 2.10. The molecule has 13 heavy (non-hydrogen) atoms. The third kappa shape index (κ3) is 3.03. The number of methoxy groups -OCH3 is 1. The third-order valence-corrected chi connectivity index (χ3v) is 2.04. The summed E-state index contributed by atoms with van der Waals surface area (Å²) in [7, 11) is 1.69. The molecule has 0 spiro atoms. The number of nitrogens with one attached hydrogen (secondary N) is 1. The summed E-state index contributed by atoms with van der Waals surface area (Å²) in [5.41, 5.74) is 1.13. The number of amides is 1. The number of rotatable bonds is 3. The molecule has 0 heterocycles. The lowest BCUT2D eigenvalue weighted by molar-refractivity contribution is -0.118. The first-order chi connectivity index (χ1) is 6.24. The van der Waals surface area contributed by atoms with E-state index in [1.165, 1.54) is 6.92 Å². The number of allylic oxidation sites excluding steroid dienone is 2. The Bertz CT molecular complexity index is 243. The van der Waals surface area contributed by atoms with Crippen LogP contribution in [-0.4, -0.2) is 25.7 Å². The standard InChI is InChI=1S/C10H15NO2/c1-8(12)11-7-9-5-3-4-6-10(9)13-2/h3-5,10H,6-7H2,1-2H3,(H,11,12). The molecule has 0 saturated heterocycles. The van der Waals surface area contributed by atoms with Crippen molar-refractivity contribution < 1.29 is 9.53 Å². The molecule has 1 rings (SSSR count). The minimum absolute atomic E-state index is 0.00898. The van der Waals surface area contributed by atoms with Gasteiger partial charge in [0, 0.05) is 20.6 Å². The van der Waals surface area contributed by atoms with Gasteiger partial charge in [-0.2, -0.15) is 0 Å². The lowest BCUT2D eigenvalue weighted by Gasteiger charge is -2.19. The summed E-state index contributed by atoms with van der Waals surface area (Å²) < 4.78 is 5.27. The first-order valence-corrected chi connectivity index (χ1v) is 4.37. The summed E-state index contributed by atoms with van der Waals surface area (Å²) in [5.74, 6) is -0.00898. The van der Waals surface area contributed by atoms with Gasteiger partial charge < -0.3 is 10.1 Å². The lowest BCUT2D eigenvalue weighted by Crippen LogP contribution is -2.28. The van der Waals surface area contributed by atoms with Gasteiger partial charge in [-0.05, 0) is 12.0 Å². The van der Waals surface area contributed by atoms with E-state index in [9.17, 15) is 4.79 Å². The molecule has 1 aliphatic carbocycles. The highest BCUT2D eigenvalue weighted by Gasteiger charge is 2.13. The molecule has 1 amide bonds. The molecule has 1 atom stereocenters. The molecular formula is C10H15NO2. The molecule has 3 nitrogen and oxygen atoms in total. The van der Waals surface area contributed by atoms with Crippen LogP contribution in [0.25, 0.3) is 0 Å². The zero-order valence-corrected chi connectivity index (χ0v) is 8.04. The van der Waals surface area contributed by atoms with E-state index in [1.54, 1.807) is 7.11 Å². The van der Waals surface area contributed by atoms with Crippen molar-refractivity contribution in [1.29, 1.82) is 0 Å². The van der Waals surface area contributed by atoms with Crippen molar-refractivity contribution in [2.75, 3.05) is 13.7 Å². The predicted molar refractivity (Wildman–Crippen MR) is 51.3 cm³/mol. The van der Waals surface area contributed by atoms with E-state index in [0.29, 0.717) is 6.54 Å². The Morgan fingerprint density at radius 3 is 3.15 bits per heavy atom. The Balaban J connectivity index is 2.49. The molecule has 1 N–H and O–H groups in total. The van der Waals surface area contributed by atoms with E-state index in [-0.39, 0.29) is 12.0 Å². The van der Waals surface area contributed by atoms with Gasteiger partial charge in [0.2, 0.25) is 5.91 Å². The highest BCUT2D eigenvalue weighted by Crippen LogP contribution is 2.14. The molecule has 0 radical (unpaired) electrons. The summed E-state index contributed by atoms with van der Waals surface area (Å²) >= 11 is 0. The molecule has 0 saturated carbocycles. The van der Waals surface area contributed by atoms with Crippen LogP contribution in [0.3, 0.4) is 0 Å². The number of hydrogen-bond donors (Lipinski definition) is 1. The molecule has 1 unspecified atom stereocenters. The van der Waals surface area contributed by atoms with E-state index in [1.807, 2.05) is 12.2 Å². The van der Waals surface area contributed by atoms with E-state index in [2.05, 4.69) is 11.4 Å². The summed E-state index contributed by atoms with van der Waals surface area (Å²) in [5, 5.41) is 2.76. The van der Waals surface area contributed by atoms with Crippen LogP contribution in [0.5, 0.6) is 0 Å². The average molecular weight is 181 g/mol. The first kappa shape index (κ1) is 9.99. The molecule has 0 fully saturated rings. The molecule has 1 aliphatic rings. The van der Waals surface area contributed by atoms with Crippen LogP contribution >= 0.6 is 0 Å². The quantitative estimate of drug-likeness (QED) is 0.706. The maximum absolute atomic E-state index is 10.7. The van der Waals surface area contributed by atoms with Gasteiger partial charge in [-0.3, -0.25) is 4.79 Å². The van der Waals surface area contributed by atoms with Crippen molar-refractivity contribution >= 4 is 5.91 Å². The second-order valence-corrected chi connectivity index (χ2v) is 3.04. The maximum Gasteiger partial charge on any atom is 0.217 e. The first-order valence-electron chi connectivity index (χ1n) is 4.37. The molecule has 0 aliphatic heterocycles. The van der Waals surface area contributed by atoms with Crippen LogP contribution in [0.1, 0.15) is 13.3 Å². The SMILES string of the molecule is COC1CC=CC=C1CNC(C)=O. The van der Waals surface area contributed by atoms with Crippen molar-refractivity contribution in [2.45, 2.75) is 19.4 Å². The van der Waals surface area contributed by atoms with Crippen LogP contribution in [0.2, 0.25) is 0 Å². The Hall–Kier alpha value is -1.09. The van der Waals surface area contributed by atoms with Gasteiger partial charge in [-0.25, -0.2) is 0 Å². The lowest BCUT2D eigenvalue weighted by atomic mass is 10.0. The maximum atomic E-state index is 10.7. The Labute approximate surface area is 78.5 Å². The van der Waals surface area contributed by atoms with Crippen molar-refractivity contribution in [3.8, 4) is 0 Å². The monoisotopic (exact) mass is 181 g/mol. The molecule has 0 aromatic carbocycles. The fraction of sp³-hybridized carbons (Fsp3) is 0.500. The number of hydrogen-bond acceptors (Lipinski definition) is 2. The normalized spacial score (nSPS) is 21.1. The van der Waals surface area contributed by atoms with Gasteiger partial charge in [-0.15, -0.1) is 0 Å². The van der Waals surface area contributed by atoms with E-state index < -0.39 is 0 Å². The average Bonchev–Trinajstić information content (AvgIpc) is 2.15. The fourth-order valence-corrected chi connectivity index (χ4v) is 1.30. The number of carbonyl (C=O) groups is 1. The molecule has 3 heteroatoms. The minimum atomic E-state index is -0.00898. The Morgan fingerprint density at radius 1 is 1.77 bits per heavy atom. The molecule has 0 bridgehead atoms. The smallest absolute Gasteiger partial charge is 0.217 e. The van der Waals surface area contributed by atoms with Gasteiger partial charge in [0.05, 0.1) is 6.10 Å². The van der Waals surface area contributed by atoms with Crippen molar-refractivity contribution in [3.63, 3.8) is 0 Å². The topological polar surface area (TPSA) is 38.3 Å². The van der Waals surface area contributed by atoms with Crippen LogP contribution < -0.4 is 5.32 Å². The van der Waals surface area contributed by atoms with Crippen LogP contribution in [0.4, 0.5) is 0 Å². The summed E-state index contributed by atoms with van der Waals surface area (Å²) in [4.78, 5) is 10.7. The third-order valence-electron chi connectivity index (χ3n) is 2.04. The molecule has 72 valence electrons. The highest BCUT2D eigenvalue weighted by atomic mass is 16.5. The molecular weight excluding hydrogens is 166 g/mol. The minimum Gasteiger partial charge on any atom is -0.377 e. The van der Waals surface area contributed by atoms with Crippen molar-refractivity contribution in [2.24, 2.45) is 0 Å². The van der Waals surface area contributed by atoms with E-state index in [4.69, 9.17) is 4.74 Å². The predicted octanol–water partition coefficient (Wildman–Crippen LogP) is 1.02. The van der Waals surface area contributed by atoms with Gasteiger partial charge in [0.15, 0.2) is 0 Å². The second-order valence-electron chi connectivity index (χ2n) is 3.04.